The van der Waals surface area contributed by atoms with Gasteiger partial charge >= 0.3 is 0 Å². The molecular weight excluding hydrogens is 226 g/mol. The van der Waals surface area contributed by atoms with Gasteiger partial charge in [0.15, 0.2) is 5.82 Å². The number of rotatable bonds is 4. The Morgan fingerprint density at radius 3 is 2.81 bits per heavy atom. The molecule has 0 aliphatic heterocycles. The van der Waals surface area contributed by atoms with Crippen LogP contribution in [0.3, 0.4) is 0 Å². The molecule has 0 radical (unpaired) electrons. The third-order valence-corrected chi connectivity index (χ3v) is 2.48. The summed E-state index contributed by atoms with van der Waals surface area (Å²) in [4.78, 5) is 15.9. The Hall–Kier alpha value is -1.13. The largest absolute Gasteiger partial charge is 0.308 e. The van der Waals surface area contributed by atoms with Gasteiger partial charge in [-0.15, -0.1) is 0 Å². The number of amides is 1. The number of nitrogens with one attached hydrogen (secondary N) is 2. The summed E-state index contributed by atoms with van der Waals surface area (Å²) in [6.45, 7) is 6.28. The molecule has 1 aromatic rings. The van der Waals surface area contributed by atoms with Gasteiger partial charge in [-0.1, -0.05) is 18.5 Å². The molecule has 88 valence electrons. The molecule has 0 bridgehead atoms. The van der Waals surface area contributed by atoms with Crippen molar-refractivity contribution in [2.24, 2.45) is 0 Å². The van der Waals surface area contributed by atoms with Gasteiger partial charge in [0.25, 0.3) is 0 Å². The van der Waals surface area contributed by atoms with Crippen LogP contribution in [0.25, 0.3) is 0 Å². The summed E-state index contributed by atoms with van der Waals surface area (Å²) < 4.78 is 0. The number of hydrogen-bond acceptors (Lipinski definition) is 3. The second kappa shape index (κ2) is 5.27. The monoisotopic (exact) mass is 241 g/mol. The van der Waals surface area contributed by atoms with E-state index in [1.807, 2.05) is 20.8 Å². The molecule has 0 fully saturated rings. The zero-order valence-electron chi connectivity index (χ0n) is 9.67. The summed E-state index contributed by atoms with van der Waals surface area (Å²) in [5.74, 6) is 0.232. The van der Waals surface area contributed by atoms with Crippen molar-refractivity contribution in [3.05, 3.63) is 23.4 Å². The lowest BCUT2D eigenvalue weighted by molar-refractivity contribution is -0.121. The Morgan fingerprint density at radius 1 is 1.56 bits per heavy atom. The molecule has 4 nitrogen and oxygen atoms in total. The molecule has 0 spiro atoms. The van der Waals surface area contributed by atoms with Gasteiger partial charge < -0.3 is 10.6 Å². The number of carbonyl (C=O) groups excluding carboxylic acids is 1. The summed E-state index contributed by atoms with van der Waals surface area (Å²) in [5, 5.41) is 6.20. The van der Waals surface area contributed by atoms with Gasteiger partial charge in [-0.2, -0.15) is 0 Å². The fourth-order valence-corrected chi connectivity index (χ4v) is 1.43. The standard InChI is InChI=1S/C11H16ClN3O/c1-4-14-11(2,3)10(16)15-9-8(12)6-5-7-13-9/h5-7,14H,4H2,1-3H3,(H,13,15,16). The van der Waals surface area contributed by atoms with E-state index >= 15 is 0 Å². The first-order valence-corrected chi connectivity index (χ1v) is 5.52. The molecule has 0 unspecified atom stereocenters. The number of aromatic nitrogens is 1. The highest BCUT2D eigenvalue weighted by Crippen LogP contribution is 2.18. The lowest BCUT2D eigenvalue weighted by Crippen LogP contribution is -2.49. The molecule has 1 amide bonds. The first-order valence-electron chi connectivity index (χ1n) is 5.14. The SMILES string of the molecule is CCNC(C)(C)C(=O)Nc1ncccc1Cl. The highest BCUT2D eigenvalue weighted by atomic mass is 35.5. The number of pyridine rings is 1. The fraction of sp³-hybridized carbons (Fsp3) is 0.455. The van der Waals surface area contributed by atoms with Gasteiger partial charge in [-0.05, 0) is 32.5 Å². The summed E-state index contributed by atoms with van der Waals surface area (Å²) in [6, 6.07) is 3.40. The van der Waals surface area contributed by atoms with E-state index in [0.717, 1.165) is 6.54 Å². The van der Waals surface area contributed by atoms with E-state index in [0.29, 0.717) is 10.8 Å². The molecule has 0 aliphatic carbocycles. The number of likely N-dealkylation sites (N-methyl/N-ethyl adjacent to an activating group) is 1. The van der Waals surface area contributed by atoms with Crippen molar-refractivity contribution in [3.63, 3.8) is 0 Å². The van der Waals surface area contributed by atoms with Crippen LogP contribution in [0, 0.1) is 0 Å². The van der Waals surface area contributed by atoms with Crippen molar-refractivity contribution in [2.75, 3.05) is 11.9 Å². The normalized spacial score (nSPS) is 11.2. The lowest BCUT2D eigenvalue weighted by atomic mass is 10.0. The van der Waals surface area contributed by atoms with Crippen LogP contribution < -0.4 is 10.6 Å². The van der Waals surface area contributed by atoms with Gasteiger partial charge in [-0.25, -0.2) is 4.98 Å². The quantitative estimate of drug-likeness (QED) is 0.849. The molecule has 0 aromatic carbocycles. The van der Waals surface area contributed by atoms with Crippen molar-refractivity contribution in [1.82, 2.24) is 10.3 Å². The number of halogens is 1. The van der Waals surface area contributed by atoms with E-state index in [-0.39, 0.29) is 5.91 Å². The topological polar surface area (TPSA) is 54.0 Å². The van der Waals surface area contributed by atoms with Crippen LogP contribution in [0.4, 0.5) is 5.82 Å². The Kier molecular flexibility index (Phi) is 4.26. The first-order chi connectivity index (χ1) is 7.47. The average Bonchev–Trinajstić information content (AvgIpc) is 2.21. The van der Waals surface area contributed by atoms with E-state index in [4.69, 9.17) is 11.6 Å². The van der Waals surface area contributed by atoms with Gasteiger partial charge in [-0.3, -0.25) is 4.79 Å². The summed E-state index contributed by atoms with van der Waals surface area (Å²) in [6.07, 6.45) is 1.59. The van der Waals surface area contributed by atoms with Crippen molar-refractivity contribution in [1.29, 1.82) is 0 Å². The summed E-state index contributed by atoms with van der Waals surface area (Å²) in [5.41, 5.74) is -0.643. The first kappa shape index (κ1) is 12.9. The number of carbonyl (C=O) groups is 1. The number of nitrogens with zero attached hydrogens (tertiary/aromatic N) is 1. The Bertz CT molecular complexity index is 379. The lowest BCUT2D eigenvalue weighted by Gasteiger charge is -2.24. The highest BCUT2D eigenvalue weighted by molar-refractivity contribution is 6.33. The molecule has 0 saturated heterocycles. The van der Waals surface area contributed by atoms with Crippen LogP contribution in [0.5, 0.6) is 0 Å². The zero-order chi connectivity index (χ0) is 12.2. The Labute approximate surface area is 100 Å². The smallest absolute Gasteiger partial charge is 0.245 e. The number of hydrogen-bond donors (Lipinski definition) is 2. The van der Waals surface area contributed by atoms with E-state index in [1.165, 1.54) is 0 Å². The second-order valence-electron chi connectivity index (χ2n) is 3.94. The predicted octanol–water partition coefficient (Wildman–Crippen LogP) is 2.06. The molecule has 5 heteroatoms. The average molecular weight is 242 g/mol. The number of anilines is 1. The third-order valence-electron chi connectivity index (χ3n) is 2.18. The molecule has 0 atom stereocenters. The van der Waals surface area contributed by atoms with E-state index in [2.05, 4.69) is 15.6 Å². The predicted molar refractivity (Wildman–Crippen MR) is 65.6 cm³/mol. The fourth-order valence-electron chi connectivity index (χ4n) is 1.26. The molecule has 2 N–H and O–H groups in total. The molecule has 1 heterocycles. The molecule has 0 saturated carbocycles. The van der Waals surface area contributed by atoms with Crippen LogP contribution in [-0.2, 0) is 4.79 Å². The van der Waals surface area contributed by atoms with Crippen LogP contribution >= 0.6 is 11.6 Å². The Balaban J connectivity index is 2.75. The van der Waals surface area contributed by atoms with Gasteiger partial charge in [0, 0.05) is 6.20 Å². The maximum atomic E-state index is 11.9. The van der Waals surface area contributed by atoms with Gasteiger partial charge in [0.05, 0.1) is 10.6 Å². The van der Waals surface area contributed by atoms with Crippen molar-refractivity contribution in [2.45, 2.75) is 26.3 Å². The van der Waals surface area contributed by atoms with Gasteiger partial charge in [0.2, 0.25) is 5.91 Å². The minimum absolute atomic E-state index is 0.157. The zero-order valence-corrected chi connectivity index (χ0v) is 10.4. The Morgan fingerprint density at radius 2 is 2.25 bits per heavy atom. The molecule has 1 aromatic heterocycles. The van der Waals surface area contributed by atoms with Crippen LogP contribution in [0.15, 0.2) is 18.3 Å². The van der Waals surface area contributed by atoms with Crippen LogP contribution in [-0.4, -0.2) is 23.0 Å². The maximum Gasteiger partial charge on any atom is 0.245 e. The van der Waals surface area contributed by atoms with E-state index in [9.17, 15) is 4.79 Å². The summed E-state index contributed by atoms with van der Waals surface area (Å²) in [7, 11) is 0. The molecule has 1 rings (SSSR count). The molecular formula is C11H16ClN3O. The summed E-state index contributed by atoms with van der Waals surface area (Å²) >= 11 is 5.90. The van der Waals surface area contributed by atoms with Crippen molar-refractivity contribution >= 4 is 23.3 Å². The van der Waals surface area contributed by atoms with Gasteiger partial charge in [0.1, 0.15) is 0 Å². The maximum absolute atomic E-state index is 11.9. The highest BCUT2D eigenvalue weighted by Gasteiger charge is 2.26. The van der Waals surface area contributed by atoms with E-state index < -0.39 is 5.54 Å². The molecule has 16 heavy (non-hydrogen) atoms. The minimum atomic E-state index is -0.643. The third kappa shape index (κ3) is 3.18. The van der Waals surface area contributed by atoms with Crippen molar-refractivity contribution < 1.29 is 4.79 Å². The second-order valence-corrected chi connectivity index (χ2v) is 4.35. The van der Waals surface area contributed by atoms with E-state index in [1.54, 1.807) is 18.3 Å². The molecule has 0 aliphatic rings. The van der Waals surface area contributed by atoms with Crippen LogP contribution in [0.1, 0.15) is 20.8 Å². The van der Waals surface area contributed by atoms with Crippen molar-refractivity contribution in [3.8, 4) is 0 Å². The minimum Gasteiger partial charge on any atom is -0.308 e. The van der Waals surface area contributed by atoms with Crippen LogP contribution in [0.2, 0.25) is 5.02 Å².